The summed E-state index contributed by atoms with van der Waals surface area (Å²) in [4.78, 5) is 34.3. The third-order valence-electron chi connectivity index (χ3n) is 2.56. The number of carboxylic acids is 1. The monoisotopic (exact) mass is 293 g/mol. The molecule has 0 atom stereocenters. The van der Waals surface area contributed by atoms with Crippen LogP contribution in [0.25, 0.3) is 0 Å². The van der Waals surface area contributed by atoms with Crippen LogP contribution in [0.4, 0.5) is 11.6 Å². The van der Waals surface area contributed by atoms with E-state index in [0.717, 1.165) is 17.1 Å². The third-order valence-corrected chi connectivity index (χ3v) is 2.56. The van der Waals surface area contributed by atoms with Crippen LogP contribution in [0.1, 0.15) is 15.9 Å². The van der Waals surface area contributed by atoms with Gasteiger partial charge in [0, 0.05) is 11.2 Å². The minimum atomic E-state index is -1.47. The van der Waals surface area contributed by atoms with Crippen LogP contribution in [-0.2, 0) is 6.54 Å². The molecule has 0 unspecified atom stereocenters. The van der Waals surface area contributed by atoms with Crippen LogP contribution in [0, 0.1) is 20.2 Å². The second-order valence-electron chi connectivity index (χ2n) is 3.87. The Balaban J connectivity index is 2.43. The van der Waals surface area contributed by atoms with Crippen molar-refractivity contribution in [3.8, 4) is 0 Å². The summed E-state index contributed by atoms with van der Waals surface area (Å²) in [5.74, 6) is -2.11. The van der Waals surface area contributed by atoms with Crippen LogP contribution in [0.5, 0.6) is 0 Å². The first kappa shape index (κ1) is 14.0. The molecule has 108 valence electrons. The molecule has 0 radical (unpaired) electrons. The zero-order valence-electron chi connectivity index (χ0n) is 10.2. The first-order valence-electron chi connectivity index (χ1n) is 5.43. The van der Waals surface area contributed by atoms with Crippen LogP contribution in [-0.4, -0.2) is 35.7 Å². The van der Waals surface area contributed by atoms with E-state index in [1.165, 1.54) is 12.1 Å². The topological polar surface area (TPSA) is 154 Å². The maximum Gasteiger partial charge on any atom is 0.490 e. The third kappa shape index (κ3) is 2.80. The Kier molecular flexibility index (Phi) is 3.56. The van der Waals surface area contributed by atoms with Crippen LogP contribution in [0.3, 0.4) is 0 Å². The average Bonchev–Trinajstić information content (AvgIpc) is 2.86. The number of carbonyl (C=O) groups is 1. The number of benzene rings is 1. The lowest BCUT2D eigenvalue weighted by Crippen LogP contribution is -2.10. The van der Waals surface area contributed by atoms with Crippen molar-refractivity contribution in [2.24, 2.45) is 0 Å². The summed E-state index contributed by atoms with van der Waals surface area (Å²) in [7, 11) is 0. The van der Waals surface area contributed by atoms with Crippen LogP contribution < -0.4 is 0 Å². The highest BCUT2D eigenvalue weighted by Crippen LogP contribution is 2.23. The first-order valence-corrected chi connectivity index (χ1v) is 5.43. The molecule has 0 saturated heterocycles. The molecule has 0 spiro atoms. The molecule has 0 aliphatic carbocycles. The van der Waals surface area contributed by atoms with Gasteiger partial charge in [0.05, 0.1) is 11.5 Å². The predicted molar refractivity (Wildman–Crippen MR) is 65.8 cm³/mol. The van der Waals surface area contributed by atoms with Crippen molar-refractivity contribution in [1.29, 1.82) is 0 Å². The smallest absolute Gasteiger partial charge is 0.477 e. The van der Waals surface area contributed by atoms with E-state index in [1.54, 1.807) is 0 Å². The Bertz CT molecular complexity index is 739. The molecule has 11 nitrogen and oxygen atoms in total. The normalized spacial score (nSPS) is 10.3. The lowest BCUT2D eigenvalue weighted by molar-refractivity contribution is -0.394. The Morgan fingerprint density at radius 2 is 2.00 bits per heavy atom. The summed E-state index contributed by atoms with van der Waals surface area (Å²) < 4.78 is 1.03. The molecule has 1 aromatic carbocycles. The molecular weight excluding hydrogens is 286 g/mol. The fourth-order valence-electron chi connectivity index (χ4n) is 1.74. The van der Waals surface area contributed by atoms with E-state index in [-0.39, 0.29) is 12.1 Å². The van der Waals surface area contributed by atoms with Gasteiger partial charge in [-0.15, -0.1) is 0 Å². The summed E-state index contributed by atoms with van der Waals surface area (Å²) in [5, 5.41) is 33.9. The highest BCUT2D eigenvalue weighted by Gasteiger charge is 2.24. The molecule has 1 aromatic heterocycles. The first-order chi connectivity index (χ1) is 9.90. The second-order valence-corrected chi connectivity index (χ2v) is 3.87. The van der Waals surface area contributed by atoms with E-state index in [2.05, 4.69) is 10.1 Å². The zero-order chi connectivity index (χ0) is 15.6. The van der Waals surface area contributed by atoms with E-state index in [9.17, 15) is 25.0 Å². The molecule has 0 aliphatic heterocycles. The van der Waals surface area contributed by atoms with Gasteiger partial charge < -0.3 is 15.2 Å². The summed E-state index contributed by atoms with van der Waals surface area (Å²) in [6.07, 6.45) is 1.04. The number of rotatable bonds is 5. The average molecular weight is 293 g/mol. The Labute approximate surface area is 115 Å². The molecule has 1 heterocycles. The number of carboxylic acid groups (broad SMARTS) is 1. The minimum Gasteiger partial charge on any atom is -0.477 e. The van der Waals surface area contributed by atoms with E-state index in [4.69, 9.17) is 5.11 Å². The lowest BCUT2D eigenvalue weighted by Gasteiger charge is -2.04. The number of aromatic nitrogens is 3. The van der Waals surface area contributed by atoms with Crippen molar-refractivity contribution in [1.82, 2.24) is 14.8 Å². The lowest BCUT2D eigenvalue weighted by atomic mass is 10.1. The van der Waals surface area contributed by atoms with E-state index in [0.29, 0.717) is 0 Å². The fraction of sp³-hybridized carbons (Fsp3) is 0.100. The molecule has 0 fully saturated rings. The van der Waals surface area contributed by atoms with Gasteiger partial charge in [-0.05, 0) is 10.5 Å². The van der Waals surface area contributed by atoms with Crippen molar-refractivity contribution in [3.05, 3.63) is 55.9 Å². The van der Waals surface area contributed by atoms with Gasteiger partial charge in [-0.2, -0.15) is 4.68 Å². The maximum absolute atomic E-state index is 11.2. The van der Waals surface area contributed by atoms with Crippen molar-refractivity contribution < 1.29 is 19.7 Å². The molecule has 0 saturated carbocycles. The summed E-state index contributed by atoms with van der Waals surface area (Å²) in [5.41, 5.74) is -0.952. The van der Waals surface area contributed by atoms with Gasteiger partial charge in [0.2, 0.25) is 6.33 Å². The van der Waals surface area contributed by atoms with E-state index >= 15 is 0 Å². The maximum atomic E-state index is 11.2. The second kappa shape index (κ2) is 5.32. The predicted octanol–water partition coefficient (Wildman–Crippen LogP) is 0.841. The Hall–Kier alpha value is -3.37. The molecule has 0 amide bonds. The number of nitrogens with zero attached hydrogens (tertiary/aromatic N) is 5. The summed E-state index contributed by atoms with van der Waals surface area (Å²) >= 11 is 0. The van der Waals surface area contributed by atoms with Crippen molar-refractivity contribution in [2.45, 2.75) is 6.54 Å². The quantitative estimate of drug-likeness (QED) is 0.628. The van der Waals surface area contributed by atoms with Crippen LogP contribution in [0.15, 0.2) is 24.5 Å². The van der Waals surface area contributed by atoms with Gasteiger partial charge in [0.1, 0.15) is 5.56 Å². The minimum absolute atomic E-state index is 0.0940. The van der Waals surface area contributed by atoms with Gasteiger partial charge in [-0.25, -0.2) is 4.79 Å². The SMILES string of the molecule is O=C(O)c1c(Cn2cnc([N+](=O)[O-])n2)cccc1[N+](=O)[O-]. The Morgan fingerprint density at radius 1 is 1.29 bits per heavy atom. The molecule has 2 aromatic rings. The summed E-state index contributed by atoms with van der Waals surface area (Å²) in [6.45, 7) is -0.190. The highest BCUT2D eigenvalue weighted by molar-refractivity contribution is 5.94. The van der Waals surface area contributed by atoms with Crippen LogP contribution in [0.2, 0.25) is 0 Å². The zero-order valence-corrected chi connectivity index (χ0v) is 10.2. The largest absolute Gasteiger partial charge is 0.490 e. The van der Waals surface area contributed by atoms with Gasteiger partial charge in [-0.3, -0.25) is 10.1 Å². The summed E-state index contributed by atoms with van der Waals surface area (Å²) in [6, 6.07) is 3.76. The van der Waals surface area contributed by atoms with Gasteiger partial charge in [-0.1, -0.05) is 17.1 Å². The highest BCUT2D eigenvalue weighted by atomic mass is 16.6. The van der Waals surface area contributed by atoms with Crippen molar-refractivity contribution in [2.75, 3.05) is 0 Å². The molecule has 11 heteroatoms. The van der Waals surface area contributed by atoms with E-state index < -0.39 is 33.0 Å². The van der Waals surface area contributed by atoms with Crippen molar-refractivity contribution >= 4 is 17.6 Å². The standard InChI is InChI=1S/C10H7N5O6/c16-9(17)8-6(2-1-3-7(8)14(18)19)4-13-5-11-10(12-13)15(20)21/h1-3,5H,4H2,(H,16,17). The van der Waals surface area contributed by atoms with Crippen LogP contribution >= 0.6 is 0 Å². The van der Waals surface area contributed by atoms with Gasteiger partial charge >= 0.3 is 11.9 Å². The molecule has 21 heavy (non-hydrogen) atoms. The molecule has 1 N–H and O–H groups in total. The molecule has 0 bridgehead atoms. The number of nitro groups is 2. The number of nitro benzene ring substituents is 1. The van der Waals surface area contributed by atoms with E-state index in [1.807, 2.05) is 0 Å². The number of aromatic carboxylic acids is 1. The molecule has 0 aliphatic rings. The molecule has 2 rings (SSSR count). The number of hydrogen-bond donors (Lipinski definition) is 1. The number of hydrogen-bond acceptors (Lipinski definition) is 7. The van der Waals surface area contributed by atoms with Gasteiger partial charge in [0.15, 0.2) is 0 Å². The fourth-order valence-corrected chi connectivity index (χ4v) is 1.74. The van der Waals surface area contributed by atoms with Gasteiger partial charge in [0.25, 0.3) is 5.69 Å². The molecular formula is C10H7N5O6. The van der Waals surface area contributed by atoms with Crippen molar-refractivity contribution in [3.63, 3.8) is 0 Å². The Morgan fingerprint density at radius 3 is 2.52 bits per heavy atom.